The zero-order valence-corrected chi connectivity index (χ0v) is 13.8. The number of aromatic nitrogens is 1. The molecule has 2 aromatic carbocycles. The van der Waals surface area contributed by atoms with Crippen LogP contribution < -0.4 is 10.1 Å². The molecule has 4 rings (SSSR count). The maximum Gasteiger partial charge on any atom is 0.276 e. The number of hydrogen-bond donors (Lipinski definition) is 1. The maximum atomic E-state index is 12.1. The zero-order valence-electron chi connectivity index (χ0n) is 13.0. The third-order valence-corrected chi connectivity index (χ3v) is 4.99. The average Bonchev–Trinajstić information content (AvgIpc) is 3.09. The minimum Gasteiger partial charge on any atom is -0.320 e. The first-order chi connectivity index (χ1) is 12.0. The fourth-order valence-corrected chi connectivity index (χ4v) is 3.59. The fraction of sp³-hybridized carbons (Fsp3) is 0.0625. The molecule has 124 valence electrons. The molecular weight excluding hydrogens is 342 g/mol. The summed E-state index contributed by atoms with van der Waals surface area (Å²) in [5.74, 6) is -0.428. The highest BCUT2D eigenvalue weighted by atomic mass is 32.1. The lowest BCUT2D eigenvalue weighted by Crippen LogP contribution is -2.15. The van der Waals surface area contributed by atoms with Gasteiger partial charge in [-0.1, -0.05) is 23.5 Å². The highest BCUT2D eigenvalue weighted by Crippen LogP contribution is 2.27. The normalized spacial score (nSPS) is 15.6. The highest BCUT2D eigenvalue weighted by Gasteiger charge is 2.28. The van der Waals surface area contributed by atoms with E-state index in [4.69, 9.17) is 0 Å². The molecular formula is C16H11N5O3S. The van der Waals surface area contributed by atoms with Crippen LogP contribution in [0.5, 0.6) is 0 Å². The SMILES string of the molecule is Cn1/c(=N/N=C2/C(=O)Nc3ccc([N+](=O)[O-])cc32)sc2ccccc21. The molecule has 1 amide bonds. The van der Waals surface area contributed by atoms with Gasteiger partial charge in [-0.2, -0.15) is 0 Å². The van der Waals surface area contributed by atoms with Crippen LogP contribution in [0.25, 0.3) is 10.2 Å². The number of benzene rings is 2. The van der Waals surface area contributed by atoms with Crippen LogP contribution in [-0.4, -0.2) is 21.1 Å². The first-order valence-corrected chi connectivity index (χ1v) is 8.12. The number of nitrogens with zero attached hydrogens (tertiary/aromatic N) is 4. The van der Waals surface area contributed by atoms with Crippen LogP contribution in [0.1, 0.15) is 5.56 Å². The van der Waals surface area contributed by atoms with Gasteiger partial charge in [-0.05, 0) is 18.2 Å². The number of hydrogen-bond acceptors (Lipinski definition) is 6. The smallest absolute Gasteiger partial charge is 0.276 e. The number of aryl methyl sites for hydroxylation is 1. The number of nitro groups is 1. The van der Waals surface area contributed by atoms with Crippen molar-refractivity contribution in [1.82, 2.24) is 4.57 Å². The molecule has 1 aliphatic rings. The Kier molecular flexibility index (Phi) is 3.43. The summed E-state index contributed by atoms with van der Waals surface area (Å²) in [6, 6.07) is 12.0. The van der Waals surface area contributed by atoms with Crippen LogP contribution in [0.2, 0.25) is 0 Å². The molecule has 0 saturated carbocycles. The summed E-state index contributed by atoms with van der Waals surface area (Å²) in [5, 5.41) is 21.8. The first kappa shape index (κ1) is 15.2. The highest BCUT2D eigenvalue weighted by molar-refractivity contribution is 7.16. The monoisotopic (exact) mass is 353 g/mol. The number of thiazole rings is 1. The summed E-state index contributed by atoms with van der Waals surface area (Å²) < 4.78 is 2.93. The van der Waals surface area contributed by atoms with E-state index in [1.807, 2.05) is 35.9 Å². The number of anilines is 1. The fourth-order valence-electron chi connectivity index (χ4n) is 2.62. The van der Waals surface area contributed by atoms with Crippen LogP contribution >= 0.6 is 11.3 Å². The van der Waals surface area contributed by atoms with Crippen molar-refractivity contribution in [3.8, 4) is 0 Å². The molecule has 0 spiro atoms. The van der Waals surface area contributed by atoms with Gasteiger partial charge in [0.15, 0.2) is 5.71 Å². The Hall–Kier alpha value is -3.33. The van der Waals surface area contributed by atoms with E-state index < -0.39 is 10.8 Å². The van der Waals surface area contributed by atoms with Gasteiger partial charge in [-0.15, -0.1) is 10.2 Å². The largest absolute Gasteiger partial charge is 0.320 e. The van der Waals surface area contributed by atoms with Crippen LogP contribution in [0.3, 0.4) is 0 Å². The number of carbonyl (C=O) groups excluding carboxylic acids is 1. The molecule has 0 atom stereocenters. The van der Waals surface area contributed by atoms with Crippen molar-refractivity contribution in [2.24, 2.45) is 17.3 Å². The number of nitro benzene ring substituents is 1. The van der Waals surface area contributed by atoms with Gasteiger partial charge in [0.05, 0.1) is 20.8 Å². The Bertz CT molecular complexity index is 1140. The van der Waals surface area contributed by atoms with E-state index in [1.54, 1.807) is 0 Å². The Balaban J connectivity index is 1.85. The molecule has 1 aromatic heterocycles. The Morgan fingerprint density at radius 1 is 1.20 bits per heavy atom. The number of non-ortho nitro benzene ring substituents is 1. The van der Waals surface area contributed by atoms with E-state index in [0.29, 0.717) is 16.1 Å². The zero-order chi connectivity index (χ0) is 17.6. The lowest BCUT2D eigenvalue weighted by Gasteiger charge is -1.96. The van der Waals surface area contributed by atoms with Crippen molar-refractivity contribution >= 4 is 44.5 Å². The van der Waals surface area contributed by atoms with Crippen molar-refractivity contribution in [2.75, 3.05) is 5.32 Å². The van der Waals surface area contributed by atoms with Gasteiger partial charge in [0.1, 0.15) is 0 Å². The summed E-state index contributed by atoms with van der Waals surface area (Å²) in [6.07, 6.45) is 0. The number of nitrogens with one attached hydrogen (secondary N) is 1. The van der Waals surface area contributed by atoms with Gasteiger partial charge in [0.2, 0.25) is 4.80 Å². The summed E-state index contributed by atoms with van der Waals surface area (Å²) in [7, 11) is 1.87. The predicted octanol–water partition coefficient (Wildman–Crippen LogP) is 2.41. The van der Waals surface area contributed by atoms with E-state index in [2.05, 4.69) is 15.5 Å². The number of para-hydroxylation sites is 1. The average molecular weight is 353 g/mol. The summed E-state index contributed by atoms with van der Waals surface area (Å²) in [6.45, 7) is 0. The maximum absolute atomic E-state index is 12.1. The quantitative estimate of drug-likeness (QED) is 0.565. The second-order valence-corrected chi connectivity index (χ2v) is 6.41. The summed E-state index contributed by atoms with van der Waals surface area (Å²) in [4.78, 5) is 23.2. The van der Waals surface area contributed by atoms with Crippen molar-refractivity contribution < 1.29 is 9.72 Å². The molecule has 1 aliphatic heterocycles. The van der Waals surface area contributed by atoms with Gasteiger partial charge in [0, 0.05) is 24.7 Å². The van der Waals surface area contributed by atoms with Gasteiger partial charge in [-0.3, -0.25) is 14.9 Å². The second kappa shape index (κ2) is 5.64. The molecule has 25 heavy (non-hydrogen) atoms. The lowest BCUT2D eigenvalue weighted by atomic mass is 10.1. The minimum absolute atomic E-state index is 0.0659. The number of carbonyl (C=O) groups is 1. The number of rotatable bonds is 2. The third-order valence-electron chi connectivity index (χ3n) is 3.88. The standard InChI is InChI=1S/C16H11N5O3S/c1-20-12-4-2-3-5-13(12)25-16(20)19-18-14-10-8-9(21(23)24)6-7-11(10)17-15(14)22/h2-8H,1H3,(H,17,18,22)/b19-16-. The Morgan fingerprint density at radius 2 is 2.00 bits per heavy atom. The van der Waals surface area contributed by atoms with Gasteiger partial charge in [0.25, 0.3) is 11.6 Å². The Morgan fingerprint density at radius 3 is 2.76 bits per heavy atom. The Labute approximate surface area is 144 Å². The molecule has 9 heteroatoms. The van der Waals surface area contributed by atoms with E-state index in [9.17, 15) is 14.9 Å². The number of amides is 1. The molecule has 0 fully saturated rings. The predicted molar refractivity (Wildman–Crippen MR) is 94.6 cm³/mol. The first-order valence-electron chi connectivity index (χ1n) is 7.31. The second-order valence-electron chi connectivity index (χ2n) is 5.40. The summed E-state index contributed by atoms with van der Waals surface area (Å²) >= 11 is 1.45. The van der Waals surface area contributed by atoms with E-state index in [1.165, 1.54) is 29.5 Å². The molecule has 0 radical (unpaired) electrons. The lowest BCUT2D eigenvalue weighted by molar-refractivity contribution is -0.384. The van der Waals surface area contributed by atoms with E-state index in [-0.39, 0.29) is 11.4 Å². The van der Waals surface area contributed by atoms with Crippen molar-refractivity contribution in [3.63, 3.8) is 0 Å². The van der Waals surface area contributed by atoms with Crippen LogP contribution in [0, 0.1) is 10.1 Å². The molecule has 0 unspecified atom stereocenters. The van der Waals surface area contributed by atoms with Crippen molar-refractivity contribution in [1.29, 1.82) is 0 Å². The minimum atomic E-state index is -0.510. The van der Waals surface area contributed by atoms with E-state index >= 15 is 0 Å². The topological polar surface area (TPSA) is 102 Å². The molecule has 8 nitrogen and oxygen atoms in total. The van der Waals surface area contributed by atoms with Gasteiger partial charge < -0.3 is 9.88 Å². The van der Waals surface area contributed by atoms with Crippen molar-refractivity contribution in [3.05, 3.63) is 62.9 Å². The summed E-state index contributed by atoms with van der Waals surface area (Å²) in [5.41, 5.74) is 1.85. The van der Waals surface area contributed by atoms with Gasteiger partial charge >= 0.3 is 0 Å². The molecule has 3 aromatic rings. The molecule has 1 N–H and O–H groups in total. The van der Waals surface area contributed by atoms with Crippen molar-refractivity contribution in [2.45, 2.75) is 0 Å². The van der Waals surface area contributed by atoms with Crippen LogP contribution in [0.15, 0.2) is 52.7 Å². The van der Waals surface area contributed by atoms with Crippen LogP contribution in [-0.2, 0) is 11.8 Å². The molecule has 2 heterocycles. The van der Waals surface area contributed by atoms with E-state index in [0.717, 1.165) is 10.2 Å². The molecule has 0 saturated heterocycles. The number of fused-ring (bicyclic) bond motifs is 2. The third kappa shape index (κ3) is 2.50. The molecule has 0 aliphatic carbocycles. The molecule has 0 bridgehead atoms. The van der Waals surface area contributed by atoms with Gasteiger partial charge in [-0.25, -0.2) is 0 Å². The van der Waals surface area contributed by atoms with Crippen LogP contribution in [0.4, 0.5) is 11.4 Å².